The first-order valence-electron chi connectivity index (χ1n) is 8.35. The van der Waals surface area contributed by atoms with Crippen LogP contribution in [0.1, 0.15) is 24.8 Å². The standard InChI is InChI=1S/C17H21ClN2O4/c18-12-7-14-13(23-10-24-14)6-11(12)8-20-5-2-15(21)17(9-20)3-1-4-19-16(17)22/h6-7,15,21H,1-5,8-10H2,(H,19,22)/t15-,17-/m1/s1. The maximum absolute atomic E-state index is 12.4. The molecule has 2 atom stereocenters. The summed E-state index contributed by atoms with van der Waals surface area (Å²) in [5.41, 5.74) is 0.253. The Hall–Kier alpha value is -1.50. The number of halogens is 1. The molecular formula is C17H21ClN2O4. The van der Waals surface area contributed by atoms with Crippen LogP contribution in [0, 0.1) is 5.41 Å². The van der Waals surface area contributed by atoms with Crippen LogP contribution in [-0.4, -0.2) is 48.4 Å². The largest absolute Gasteiger partial charge is 0.454 e. The normalized spacial score (nSPS) is 29.8. The van der Waals surface area contributed by atoms with Crippen molar-refractivity contribution in [3.8, 4) is 11.5 Å². The summed E-state index contributed by atoms with van der Waals surface area (Å²) in [6, 6.07) is 3.68. The van der Waals surface area contributed by atoms with Gasteiger partial charge in [0, 0.05) is 37.3 Å². The molecule has 130 valence electrons. The van der Waals surface area contributed by atoms with E-state index in [0.29, 0.717) is 42.6 Å². The molecule has 2 fully saturated rings. The van der Waals surface area contributed by atoms with Gasteiger partial charge in [-0.2, -0.15) is 0 Å². The third kappa shape index (κ3) is 2.62. The first-order valence-corrected chi connectivity index (χ1v) is 8.73. The molecule has 6 nitrogen and oxygen atoms in total. The lowest BCUT2D eigenvalue weighted by molar-refractivity contribution is -0.149. The van der Waals surface area contributed by atoms with Gasteiger partial charge in [-0.1, -0.05) is 11.6 Å². The molecule has 2 saturated heterocycles. The van der Waals surface area contributed by atoms with Gasteiger partial charge in [-0.25, -0.2) is 0 Å². The molecule has 0 unspecified atom stereocenters. The van der Waals surface area contributed by atoms with Crippen LogP contribution in [0.15, 0.2) is 12.1 Å². The van der Waals surface area contributed by atoms with Crippen LogP contribution in [-0.2, 0) is 11.3 Å². The molecule has 1 amide bonds. The van der Waals surface area contributed by atoms with E-state index in [2.05, 4.69) is 10.2 Å². The zero-order valence-corrected chi connectivity index (χ0v) is 14.1. The molecule has 0 aliphatic carbocycles. The smallest absolute Gasteiger partial charge is 0.231 e. The van der Waals surface area contributed by atoms with Crippen molar-refractivity contribution in [2.75, 3.05) is 26.4 Å². The third-order valence-electron chi connectivity index (χ3n) is 5.34. The maximum atomic E-state index is 12.4. The van der Waals surface area contributed by atoms with Crippen LogP contribution < -0.4 is 14.8 Å². The first-order chi connectivity index (χ1) is 11.6. The van der Waals surface area contributed by atoms with Crippen molar-refractivity contribution in [2.45, 2.75) is 31.9 Å². The Morgan fingerprint density at radius 2 is 2.17 bits per heavy atom. The van der Waals surface area contributed by atoms with E-state index < -0.39 is 11.5 Å². The van der Waals surface area contributed by atoms with Crippen molar-refractivity contribution in [2.24, 2.45) is 5.41 Å². The molecule has 3 heterocycles. The number of aliphatic hydroxyl groups excluding tert-OH is 1. The monoisotopic (exact) mass is 352 g/mol. The van der Waals surface area contributed by atoms with E-state index in [1.165, 1.54) is 0 Å². The Morgan fingerprint density at radius 1 is 1.38 bits per heavy atom. The van der Waals surface area contributed by atoms with Crippen molar-refractivity contribution in [3.63, 3.8) is 0 Å². The maximum Gasteiger partial charge on any atom is 0.231 e. The van der Waals surface area contributed by atoms with Crippen LogP contribution in [0.4, 0.5) is 0 Å². The summed E-state index contributed by atoms with van der Waals surface area (Å²) in [5.74, 6) is 1.35. The third-order valence-corrected chi connectivity index (χ3v) is 5.69. The summed E-state index contributed by atoms with van der Waals surface area (Å²) in [4.78, 5) is 14.6. The van der Waals surface area contributed by atoms with Crippen LogP contribution in [0.5, 0.6) is 11.5 Å². The molecule has 0 saturated carbocycles. The molecule has 2 N–H and O–H groups in total. The highest BCUT2D eigenvalue weighted by molar-refractivity contribution is 6.31. The summed E-state index contributed by atoms with van der Waals surface area (Å²) >= 11 is 6.37. The predicted octanol–water partition coefficient (Wildman–Crippen LogP) is 1.53. The number of benzene rings is 1. The fraction of sp³-hybridized carbons (Fsp3) is 0.588. The molecule has 0 bridgehead atoms. The molecule has 1 aromatic carbocycles. The van der Waals surface area contributed by atoms with Crippen molar-refractivity contribution in [3.05, 3.63) is 22.7 Å². The lowest BCUT2D eigenvalue weighted by atomic mass is 9.71. The Bertz CT molecular complexity index is 668. The fourth-order valence-corrected chi connectivity index (χ4v) is 4.20. The van der Waals surface area contributed by atoms with Gasteiger partial charge in [0.2, 0.25) is 12.7 Å². The number of hydrogen-bond donors (Lipinski definition) is 2. The lowest BCUT2D eigenvalue weighted by Crippen LogP contribution is -2.61. The van der Waals surface area contributed by atoms with Crippen molar-refractivity contribution >= 4 is 17.5 Å². The second-order valence-corrected chi connectivity index (χ2v) is 7.23. The second-order valence-electron chi connectivity index (χ2n) is 6.83. The van der Waals surface area contributed by atoms with Gasteiger partial charge in [0.1, 0.15) is 0 Å². The van der Waals surface area contributed by atoms with E-state index in [9.17, 15) is 9.90 Å². The number of nitrogens with zero attached hydrogens (tertiary/aromatic N) is 1. The minimum absolute atomic E-state index is 0.0252. The number of nitrogens with one attached hydrogen (secondary N) is 1. The van der Waals surface area contributed by atoms with Gasteiger partial charge in [-0.05, 0) is 30.9 Å². The molecule has 24 heavy (non-hydrogen) atoms. The summed E-state index contributed by atoms with van der Waals surface area (Å²) in [5, 5.41) is 14.0. The second kappa shape index (κ2) is 6.10. The van der Waals surface area contributed by atoms with Crippen molar-refractivity contribution in [1.29, 1.82) is 0 Å². The molecule has 1 aromatic rings. The van der Waals surface area contributed by atoms with Crippen molar-refractivity contribution < 1.29 is 19.4 Å². The van der Waals surface area contributed by atoms with Gasteiger partial charge in [0.25, 0.3) is 0 Å². The minimum atomic E-state index is -0.695. The highest BCUT2D eigenvalue weighted by Gasteiger charge is 2.49. The van der Waals surface area contributed by atoms with Crippen LogP contribution in [0.2, 0.25) is 5.02 Å². The number of carbonyl (C=O) groups is 1. The number of hydrogen-bond acceptors (Lipinski definition) is 5. The van der Waals surface area contributed by atoms with E-state index in [0.717, 1.165) is 24.9 Å². The number of likely N-dealkylation sites (tertiary alicyclic amines) is 1. The number of piperidine rings is 2. The number of fused-ring (bicyclic) bond motifs is 1. The Morgan fingerprint density at radius 3 is 2.96 bits per heavy atom. The van der Waals surface area contributed by atoms with Crippen molar-refractivity contribution in [1.82, 2.24) is 10.2 Å². The predicted molar refractivity (Wildman–Crippen MR) is 88.2 cm³/mol. The number of ether oxygens (including phenoxy) is 2. The molecule has 0 radical (unpaired) electrons. The van der Waals surface area contributed by atoms with Gasteiger partial charge < -0.3 is 19.9 Å². The fourth-order valence-electron chi connectivity index (χ4n) is 3.99. The summed E-state index contributed by atoms with van der Waals surface area (Å²) in [6.45, 7) is 2.82. The van der Waals surface area contributed by atoms with Crippen LogP contribution >= 0.6 is 11.6 Å². The minimum Gasteiger partial charge on any atom is -0.454 e. The molecule has 4 rings (SSSR count). The SMILES string of the molecule is O=C1NCCC[C@]12CN(Cc1cc3c(cc1Cl)OCO3)CC[C@H]2O. The molecular weight excluding hydrogens is 332 g/mol. The Balaban J connectivity index is 1.54. The average Bonchev–Trinajstić information content (AvgIpc) is 3.01. The van der Waals surface area contributed by atoms with Gasteiger partial charge in [0.05, 0.1) is 11.5 Å². The average molecular weight is 353 g/mol. The van der Waals surface area contributed by atoms with Gasteiger partial charge in [-0.3, -0.25) is 9.69 Å². The zero-order chi connectivity index (χ0) is 16.7. The van der Waals surface area contributed by atoms with Gasteiger partial charge >= 0.3 is 0 Å². The summed E-state index contributed by atoms with van der Waals surface area (Å²) < 4.78 is 10.8. The summed E-state index contributed by atoms with van der Waals surface area (Å²) in [6.07, 6.45) is 1.64. The van der Waals surface area contributed by atoms with E-state index in [-0.39, 0.29) is 12.7 Å². The van der Waals surface area contributed by atoms with E-state index >= 15 is 0 Å². The molecule has 0 aromatic heterocycles. The molecule has 3 aliphatic heterocycles. The first kappa shape index (κ1) is 16.0. The number of carbonyl (C=O) groups excluding carboxylic acids is 1. The number of amides is 1. The van der Waals surface area contributed by atoms with E-state index in [1.807, 2.05) is 6.07 Å². The lowest BCUT2D eigenvalue weighted by Gasteiger charge is -2.47. The quantitative estimate of drug-likeness (QED) is 0.844. The molecule has 1 spiro atoms. The molecule has 3 aliphatic rings. The van der Waals surface area contributed by atoms with E-state index in [4.69, 9.17) is 21.1 Å². The van der Waals surface area contributed by atoms with E-state index in [1.54, 1.807) is 6.07 Å². The Kier molecular flexibility index (Phi) is 4.06. The number of rotatable bonds is 2. The van der Waals surface area contributed by atoms with Crippen LogP contribution in [0.25, 0.3) is 0 Å². The van der Waals surface area contributed by atoms with Gasteiger partial charge in [-0.15, -0.1) is 0 Å². The Labute approximate surface area is 145 Å². The topological polar surface area (TPSA) is 71.0 Å². The zero-order valence-electron chi connectivity index (χ0n) is 13.4. The van der Waals surface area contributed by atoms with Gasteiger partial charge in [0.15, 0.2) is 11.5 Å². The highest BCUT2D eigenvalue weighted by Crippen LogP contribution is 2.40. The summed E-state index contributed by atoms with van der Waals surface area (Å²) in [7, 11) is 0. The molecule has 7 heteroatoms. The number of aliphatic hydroxyl groups is 1. The van der Waals surface area contributed by atoms with Crippen LogP contribution in [0.3, 0.4) is 0 Å². The highest BCUT2D eigenvalue weighted by atomic mass is 35.5.